The number of hydrogen-bond acceptors (Lipinski definition) is 3. The van der Waals surface area contributed by atoms with Crippen molar-refractivity contribution in [3.8, 4) is 0 Å². The monoisotopic (exact) mass is 343 g/mol. The van der Waals surface area contributed by atoms with Gasteiger partial charge in [0.2, 0.25) is 0 Å². The van der Waals surface area contributed by atoms with Crippen molar-refractivity contribution in [1.29, 1.82) is 0 Å². The molecule has 4 rings (SSSR count). The van der Waals surface area contributed by atoms with Gasteiger partial charge in [0, 0.05) is 23.7 Å². The molecule has 2 fully saturated rings. The van der Waals surface area contributed by atoms with Crippen LogP contribution in [0.5, 0.6) is 0 Å². The number of rotatable bonds is 3. The van der Waals surface area contributed by atoms with E-state index in [1.165, 1.54) is 12.1 Å². The predicted molar refractivity (Wildman–Crippen MR) is 93.3 cm³/mol. The molecule has 6 heteroatoms. The summed E-state index contributed by atoms with van der Waals surface area (Å²) < 4.78 is 13.3. The van der Waals surface area contributed by atoms with Crippen molar-refractivity contribution in [2.45, 2.75) is 17.5 Å². The summed E-state index contributed by atoms with van der Waals surface area (Å²) in [5.41, 5.74) is 1.78. The molecule has 0 aromatic heterocycles. The van der Waals surface area contributed by atoms with Gasteiger partial charge in [-0.15, -0.1) is 11.8 Å². The third kappa shape index (κ3) is 2.46. The van der Waals surface area contributed by atoms with E-state index in [1.54, 1.807) is 33.8 Å². The predicted octanol–water partition coefficient (Wildman–Crippen LogP) is 4.11. The number of carbonyl (C=O) groups excluding carboxylic acids is 1. The molecule has 0 radical (unpaired) electrons. The average molecular weight is 343 g/mol. The Morgan fingerprint density at radius 3 is 2.42 bits per heavy atom. The van der Waals surface area contributed by atoms with E-state index in [4.69, 9.17) is 0 Å². The zero-order valence-electron chi connectivity index (χ0n) is 13.4. The van der Waals surface area contributed by atoms with Crippen molar-refractivity contribution in [1.82, 2.24) is 10.0 Å². The fourth-order valence-corrected chi connectivity index (χ4v) is 3.81. The molecule has 1 unspecified atom stereocenters. The number of anilines is 1. The first-order valence-corrected chi connectivity index (χ1v) is 9.18. The topological polar surface area (TPSA) is 26.8 Å². The second-order valence-corrected chi connectivity index (χ2v) is 6.80. The molecule has 1 atom stereocenters. The highest BCUT2D eigenvalue weighted by molar-refractivity contribution is 7.98. The van der Waals surface area contributed by atoms with E-state index in [2.05, 4.69) is 5.01 Å². The van der Waals surface area contributed by atoms with Crippen molar-refractivity contribution in [3.63, 3.8) is 0 Å². The smallest absolute Gasteiger partial charge is 0.271 e. The number of benzene rings is 2. The molecule has 124 valence electrons. The normalized spacial score (nSPS) is 20.8. The van der Waals surface area contributed by atoms with Crippen LogP contribution in [0.2, 0.25) is 0 Å². The van der Waals surface area contributed by atoms with Gasteiger partial charge in [0.25, 0.3) is 0 Å². The van der Waals surface area contributed by atoms with Crippen LogP contribution in [-0.4, -0.2) is 35.4 Å². The molecule has 2 aromatic carbocycles. The summed E-state index contributed by atoms with van der Waals surface area (Å²) in [5.74, 6) is -0.266. The van der Waals surface area contributed by atoms with Gasteiger partial charge < -0.3 is 0 Å². The second-order valence-electron chi connectivity index (χ2n) is 5.92. The molecular weight excluding hydrogens is 325 g/mol. The molecule has 0 N–H and O–H groups in total. The highest BCUT2D eigenvalue weighted by atomic mass is 32.2. The van der Waals surface area contributed by atoms with Gasteiger partial charge >= 0.3 is 6.03 Å². The molecule has 4 nitrogen and oxygen atoms in total. The van der Waals surface area contributed by atoms with Crippen LogP contribution in [0.3, 0.4) is 0 Å². The molecule has 0 saturated carbocycles. The number of fused-ring (bicyclic) bond motifs is 1. The molecule has 0 spiro atoms. The number of nitrogens with zero attached hydrogens (tertiary/aromatic N) is 3. The van der Waals surface area contributed by atoms with Crippen LogP contribution in [0.25, 0.3) is 0 Å². The number of hydrogen-bond donors (Lipinski definition) is 0. The van der Waals surface area contributed by atoms with Gasteiger partial charge in [0.15, 0.2) is 0 Å². The Morgan fingerprint density at radius 2 is 1.75 bits per heavy atom. The summed E-state index contributed by atoms with van der Waals surface area (Å²) in [6.07, 6.45) is 2.77. The Bertz CT molecular complexity index is 750. The van der Waals surface area contributed by atoms with Crippen molar-refractivity contribution >= 4 is 23.5 Å². The fraction of sp³-hybridized carbons (Fsp3) is 0.278. The molecule has 0 bridgehead atoms. The van der Waals surface area contributed by atoms with E-state index in [0.717, 1.165) is 35.7 Å². The summed E-state index contributed by atoms with van der Waals surface area (Å²) in [4.78, 5) is 15.9. The molecule has 0 aliphatic carbocycles. The van der Waals surface area contributed by atoms with Crippen LogP contribution in [0, 0.1) is 5.82 Å². The van der Waals surface area contributed by atoms with Crippen LogP contribution in [-0.2, 0) is 0 Å². The van der Waals surface area contributed by atoms with Crippen molar-refractivity contribution in [3.05, 3.63) is 59.9 Å². The zero-order valence-corrected chi connectivity index (χ0v) is 14.2. The molecule has 2 aromatic rings. The third-order valence-corrected chi connectivity index (χ3v) is 5.28. The summed E-state index contributed by atoms with van der Waals surface area (Å²) >= 11 is 1.67. The van der Waals surface area contributed by atoms with E-state index >= 15 is 0 Å². The highest BCUT2D eigenvalue weighted by Gasteiger charge is 2.47. The van der Waals surface area contributed by atoms with E-state index in [-0.39, 0.29) is 18.0 Å². The Balaban J connectivity index is 1.76. The molecule has 2 aliphatic rings. The molecule has 2 amide bonds. The largest absolute Gasteiger partial charge is 0.340 e. The first-order chi connectivity index (χ1) is 11.7. The maximum atomic E-state index is 13.3. The van der Waals surface area contributed by atoms with Gasteiger partial charge in [0.05, 0.1) is 0 Å². The Morgan fingerprint density at radius 1 is 1.04 bits per heavy atom. The lowest BCUT2D eigenvalue weighted by atomic mass is 10.1. The third-order valence-electron chi connectivity index (χ3n) is 4.54. The second kappa shape index (κ2) is 6.11. The van der Waals surface area contributed by atoms with Crippen LogP contribution in [0.15, 0.2) is 53.4 Å². The van der Waals surface area contributed by atoms with Crippen LogP contribution >= 0.6 is 11.8 Å². The molecule has 2 heterocycles. The number of carbonyl (C=O) groups is 1. The van der Waals surface area contributed by atoms with E-state index in [1.807, 2.05) is 30.5 Å². The summed E-state index contributed by atoms with van der Waals surface area (Å²) in [7, 11) is 0. The van der Waals surface area contributed by atoms with Crippen molar-refractivity contribution < 1.29 is 9.18 Å². The van der Waals surface area contributed by atoms with Gasteiger partial charge in [-0.1, -0.05) is 12.1 Å². The van der Waals surface area contributed by atoms with Crippen molar-refractivity contribution in [2.24, 2.45) is 0 Å². The minimum Gasteiger partial charge on any atom is -0.271 e. The van der Waals surface area contributed by atoms with Gasteiger partial charge in [-0.05, 0) is 54.6 Å². The number of halogens is 1. The minimum atomic E-state index is -0.266. The summed E-state index contributed by atoms with van der Waals surface area (Å²) in [6, 6.07) is 14.4. The van der Waals surface area contributed by atoms with Crippen LogP contribution in [0.4, 0.5) is 14.9 Å². The fourth-order valence-electron chi connectivity index (χ4n) is 3.40. The van der Waals surface area contributed by atoms with E-state index in [9.17, 15) is 9.18 Å². The minimum absolute atomic E-state index is 0.0151. The molecule has 2 aliphatic heterocycles. The zero-order chi connectivity index (χ0) is 16.7. The van der Waals surface area contributed by atoms with Crippen LogP contribution in [0.1, 0.15) is 18.2 Å². The number of amides is 2. The Labute approximate surface area is 144 Å². The summed E-state index contributed by atoms with van der Waals surface area (Å²) in [5, 5.41) is 3.88. The highest BCUT2D eigenvalue weighted by Crippen LogP contribution is 2.40. The van der Waals surface area contributed by atoms with E-state index in [0.29, 0.717) is 0 Å². The number of urea groups is 1. The molecule has 2 saturated heterocycles. The first-order valence-electron chi connectivity index (χ1n) is 7.96. The maximum Gasteiger partial charge on any atom is 0.340 e. The lowest BCUT2D eigenvalue weighted by Gasteiger charge is -2.28. The Hall–Kier alpha value is -2.05. The Kier molecular flexibility index (Phi) is 3.94. The summed E-state index contributed by atoms with van der Waals surface area (Å²) in [6.45, 7) is 1.56. The van der Waals surface area contributed by atoms with Gasteiger partial charge in [-0.2, -0.15) is 5.01 Å². The van der Waals surface area contributed by atoms with Gasteiger partial charge in [-0.3, -0.25) is 9.91 Å². The van der Waals surface area contributed by atoms with Gasteiger partial charge in [-0.25, -0.2) is 9.18 Å². The van der Waals surface area contributed by atoms with Gasteiger partial charge in [0.1, 0.15) is 12.0 Å². The average Bonchev–Trinajstić information content (AvgIpc) is 3.18. The lowest BCUT2D eigenvalue weighted by molar-refractivity contribution is 0.0727. The van der Waals surface area contributed by atoms with Crippen LogP contribution < -0.4 is 4.90 Å². The SMILES string of the molecule is CSc1ccc(N2C(=O)N3CCCN3C2c2ccc(F)cc2)cc1. The molecular formula is C18H18FN3OS. The lowest BCUT2D eigenvalue weighted by Crippen LogP contribution is -2.32. The standard InChI is InChI=1S/C18H18FN3OS/c1-24-16-9-7-15(8-10-16)22-17(13-3-5-14(19)6-4-13)20-11-2-12-21(20)18(22)23/h3-10,17H,2,11-12H2,1H3. The molecule has 24 heavy (non-hydrogen) atoms. The van der Waals surface area contributed by atoms with E-state index < -0.39 is 0 Å². The quantitative estimate of drug-likeness (QED) is 0.785. The van der Waals surface area contributed by atoms with Crippen molar-refractivity contribution in [2.75, 3.05) is 24.2 Å². The number of thioether (sulfide) groups is 1. The maximum absolute atomic E-state index is 13.3. The first kappa shape index (κ1) is 15.5. The number of hydrazine groups is 1.